The Morgan fingerprint density at radius 3 is 2.74 bits per heavy atom. The molecule has 1 aromatic carbocycles. The first-order valence-electron chi connectivity index (χ1n) is 7.81. The van der Waals surface area contributed by atoms with Crippen molar-refractivity contribution in [3.63, 3.8) is 0 Å². The van der Waals surface area contributed by atoms with Crippen LogP contribution in [0.25, 0.3) is 0 Å². The zero-order valence-electron chi connectivity index (χ0n) is 14.4. The topological polar surface area (TPSA) is 50.6 Å². The monoisotopic (exact) mass is 314 g/mol. The first kappa shape index (κ1) is 16.9. The third kappa shape index (κ3) is 5.06. The molecule has 2 N–H and O–H groups in total. The van der Waals surface area contributed by atoms with Crippen LogP contribution in [0, 0.1) is 6.92 Å². The van der Waals surface area contributed by atoms with Crippen molar-refractivity contribution >= 4 is 5.96 Å². The fraction of sp³-hybridized carbons (Fsp3) is 0.389. The highest BCUT2D eigenvalue weighted by atomic mass is 16.5. The Morgan fingerprint density at radius 1 is 1.26 bits per heavy atom. The number of ether oxygens (including phenoxy) is 1. The maximum atomic E-state index is 5.42. The van der Waals surface area contributed by atoms with Crippen LogP contribution in [0.2, 0.25) is 0 Å². The quantitative estimate of drug-likeness (QED) is 0.635. The number of aryl methyl sites for hydroxylation is 2. The Kier molecular flexibility index (Phi) is 6.09. The number of methoxy groups -OCH3 is 1. The number of benzene rings is 1. The van der Waals surface area contributed by atoms with Crippen LogP contribution in [0.5, 0.6) is 5.75 Å². The van der Waals surface area contributed by atoms with Gasteiger partial charge < -0.3 is 19.9 Å². The average molecular weight is 314 g/mol. The number of guanidine groups is 1. The molecule has 2 rings (SSSR count). The van der Waals surface area contributed by atoms with E-state index in [1.54, 1.807) is 14.2 Å². The molecule has 2 aromatic rings. The highest BCUT2D eigenvalue weighted by Gasteiger charge is 2.04. The van der Waals surface area contributed by atoms with E-state index in [0.29, 0.717) is 0 Å². The number of nitrogens with zero attached hydrogens (tertiary/aromatic N) is 2. The van der Waals surface area contributed by atoms with E-state index in [1.165, 1.54) is 16.7 Å². The van der Waals surface area contributed by atoms with Crippen LogP contribution < -0.4 is 15.4 Å². The minimum Gasteiger partial charge on any atom is -0.496 e. The predicted octanol–water partition coefficient (Wildman–Crippen LogP) is 2.25. The van der Waals surface area contributed by atoms with Crippen LogP contribution in [-0.2, 0) is 20.0 Å². The van der Waals surface area contributed by atoms with Crippen LogP contribution in [0.1, 0.15) is 16.7 Å². The third-order valence-electron chi connectivity index (χ3n) is 3.70. The highest BCUT2D eigenvalue weighted by Crippen LogP contribution is 2.19. The van der Waals surface area contributed by atoms with Gasteiger partial charge in [-0.2, -0.15) is 0 Å². The van der Waals surface area contributed by atoms with Crippen LogP contribution >= 0.6 is 0 Å². The molecule has 0 unspecified atom stereocenters. The number of aliphatic imine (C=N–C) groups is 1. The van der Waals surface area contributed by atoms with E-state index in [1.807, 2.05) is 23.9 Å². The number of hydrogen-bond acceptors (Lipinski definition) is 2. The molecule has 0 saturated carbocycles. The minimum atomic E-state index is 0.758. The predicted molar refractivity (Wildman–Crippen MR) is 95.0 cm³/mol. The molecule has 23 heavy (non-hydrogen) atoms. The molecule has 0 atom stereocenters. The first-order valence-corrected chi connectivity index (χ1v) is 7.81. The summed E-state index contributed by atoms with van der Waals surface area (Å²) in [5.74, 6) is 1.74. The standard InChI is InChI=1S/C18H26N4O/c1-14-5-6-17(23-4)16(11-14)7-9-20-18(19-2)21-12-15-8-10-22(3)13-15/h5-6,8,10-11,13H,7,9,12H2,1-4H3,(H2,19,20,21). The van der Waals surface area contributed by atoms with E-state index in [9.17, 15) is 0 Å². The number of hydrogen-bond donors (Lipinski definition) is 2. The van der Waals surface area contributed by atoms with E-state index in [0.717, 1.165) is 31.2 Å². The lowest BCUT2D eigenvalue weighted by Crippen LogP contribution is -2.37. The number of aromatic nitrogens is 1. The summed E-state index contributed by atoms with van der Waals surface area (Å²) in [6.07, 6.45) is 5.02. The van der Waals surface area contributed by atoms with Crippen molar-refractivity contribution < 1.29 is 4.74 Å². The molecular formula is C18H26N4O. The van der Waals surface area contributed by atoms with Crippen LogP contribution in [0.4, 0.5) is 0 Å². The summed E-state index contributed by atoms with van der Waals surface area (Å²) in [5, 5.41) is 6.66. The van der Waals surface area contributed by atoms with E-state index >= 15 is 0 Å². The Bertz CT molecular complexity index is 661. The molecule has 0 radical (unpaired) electrons. The van der Waals surface area contributed by atoms with Crippen LogP contribution in [-0.4, -0.2) is 31.2 Å². The highest BCUT2D eigenvalue weighted by molar-refractivity contribution is 5.79. The Hall–Kier alpha value is -2.43. The molecule has 0 aliphatic heterocycles. The fourth-order valence-corrected chi connectivity index (χ4v) is 2.49. The van der Waals surface area contributed by atoms with Gasteiger partial charge in [-0.3, -0.25) is 4.99 Å². The second-order valence-electron chi connectivity index (χ2n) is 5.60. The fourth-order valence-electron chi connectivity index (χ4n) is 2.49. The molecule has 5 nitrogen and oxygen atoms in total. The lowest BCUT2D eigenvalue weighted by atomic mass is 10.1. The Morgan fingerprint density at radius 2 is 2.09 bits per heavy atom. The van der Waals surface area contributed by atoms with E-state index in [4.69, 9.17) is 4.74 Å². The summed E-state index contributed by atoms with van der Waals surface area (Å²) in [6.45, 7) is 3.65. The lowest BCUT2D eigenvalue weighted by Gasteiger charge is -2.13. The zero-order valence-corrected chi connectivity index (χ0v) is 14.4. The molecule has 0 fully saturated rings. The molecule has 0 aliphatic carbocycles. The van der Waals surface area contributed by atoms with Crippen LogP contribution in [0.3, 0.4) is 0 Å². The van der Waals surface area contributed by atoms with Crippen molar-refractivity contribution in [3.05, 3.63) is 53.3 Å². The third-order valence-corrected chi connectivity index (χ3v) is 3.70. The van der Waals surface area contributed by atoms with Gasteiger partial charge in [0.2, 0.25) is 0 Å². The summed E-state index contributed by atoms with van der Waals surface area (Å²) < 4.78 is 7.45. The van der Waals surface area contributed by atoms with Gasteiger partial charge in [0, 0.05) is 39.6 Å². The van der Waals surface area contributed by atoms with Gasteiger partial charge in [0.1, 0.15) is 5.75 Å². The largest absolute Gasteiger partial charge is 0.496 e. The number of nitrogens with one attached hydrogen (secondary N) is 2. The lowest BCUT2D eigenvalue weighted by molar-refractivity contribution is 0.409. The molecule has 0 amide bonds. The van der Waals surface area contributed by atoms with Gasteiger partial charge in [0.05, 0.1) is 7.11 Å². The summed E-state index contributed by atoms with van der Waals surface area (Å²) in [7, 11) is 5.52. The smallest absolute Gasteiger partial charge is 0.191 e. The molecule has 0 saturated heterocycles. The minimum absolute atomic E-state index is 0.758. The molecular weight excluding hydrogens is 288 g/mol. The maximum Gasteiger partial charge on any atom is 0.191 e. The van der Waals surface area contributed by atoms with Crippen molar-refractivity contribution in [3.8, 4) is 5.75 Å². The summed E-state index contributed by atoms with van der Waals surface area (Å²) >= 11 is 0. The van der Waals surface area contributed by atoms with Crippen molar-refractivity contribution in [2.75, 3.05) is 20.7 Å². The SMILES string of the molecule is CN=C(NCCc1cc(C)ccc1OC)NCc1ccn(C)c1. The summed E-state index contributed by atoms with van der Waals surface area (Å²) in [5.41, 5.74) is 3.68. The normalized spacial score (nSPS) is 11.4. The Labute approximate surface area is 138 Å². The van der Waals surface area contributed by atoms with Crippen molar-refractivity contribution in [2.45, 2.75) is 19.9 Å². The molecule has 1 aromatic heterocycles. The second kappa shape index (κ2) is 8.27. The van der Waals surface area contributed by atoms with Crippen molar-refractivity contribution in [1.29, 1.82) is 0 Å². The van der Waals surface area contributed by atoms with E-state index in [-0.39, 0.29) is 0 Å². The van der Waals surface area contributed by atoms with Crippen molar-refractivity contribution in [1.82, 2.24) is 15.2 Å². The Balaban J connectivity index is 1.83. The number of rotatable bonds is 6. The van der Waals surface area contributed by atoms with Gasteiger partial charge in [0.15, 0.2) is 5.96 Å². The first-order chi connectivity index (χ1) is 11.1. The van der Waals surface area contributed by atoms with Gasteiger partial charge in [-0.25, -0.2) is 0 Å². The summed E-state index contributed by atoms with van der Waals surface area (Å²) in [4.78, 5) is 4.26. The van der Waals surface area contributed by atoms with Gasteiger partial charge in [-0.15, -0.1) is 0 Å². The molecule has 124 valence electrons. The van der Waals surface area contributed by atoms with E-state index < -0.39 is 0 Å². The zero-order chi connectivity index (χ0) is 16.7. The summed E-state index contributed by atoms with van der Waals surface area (Å²) in [6, 6.07) is 8.35. The maximum absolute atomic E-state index is 5.42. The molecule has 0 spiro atoms. The van der Waals surface area contributed by atoms with E-state index in [2.05, 4.69) is 46.9 Å². The second-order valence-corrected chi connectivity index (χ2v) is 5.60. The van der Waals surface area contributed by atoms with Gasteiger partial charge in [0.25, 0.3) is 0 Å². The van der Waals surface area contributed by atoms with Crippen molar-refractivity contribution in [2.24, 2.45) is 12.0 Å². The van der Waals surface area contributed by atoms with Gasteiger partial charge in [-0.1, -0.05) is 17.7 Å². The van der Waals surface area contributed by atoms with Gasteiger partial charge in [-0.05, 0) is 36.6 Å². The van der Waals surface area contributed by atoms with Crippen LogP contribution in [0.15, 0.2) is 41.7 Å². The van der Waals surface area contributed by atoms with Gasteiger partial charge >= 0.3 is 0 Å². The molecule has 1 heterocycles. The molecule has 0 aliphatic rings. The average Bonchev–Trinajstić information content (AvgIpc) is 2.96. The molecule has 5 heteroatoms. The molecule has 0 bridgehead atoms.